The molecule has 0 bridgehead atoms. The Morgan fingerprint density at radius 1 is 1.10 bits per heavy atom. The van der Waals surface area contributed by atoms with Crippen LogP contribution in [0.2, 0.25) is 0 Å². The molecule has 1 aliphatic rings. The van der Waals surface area contributed by atoms with Gasteiger partial charge in [0.25, 0.3) is 0 Å². The standard InChI is InChI=1S/C19H23NO/c1-2-17(14-7-4-3-5-8-14)19(20)16-10-11-18-15(13-16)9-6-12-21-18/h3-5,7-8,10-11,13,17,19H,2,6,9,12,20H2,1H3. The quantitative estimate of drug-likeness (QED) is 0.911. The molecule has 1 aliphatic heterocycles. The molecule has 1 heterocycles. The lowest BCUT2D eigenvalue weighted by Gasteiger charge is -2.25. The molecule has 21 heavy (non-hydrogen) atoms. The monoisotopic (exact) mass is 281 g/mol. The molecule has 0 aromatic heterocycles. The Morgan fingerprint density at radius 3 is 2.67 bits per heavy atom. The van der Waals surface area contributed by atoms with Gasteiger partial charge in [-0.05, 0) is 42.0 Å². The van der Waals surface area contributed by atoms with Gasteiger partial charge in [-0.25, -0.2) is 0 Å². The zero-order chi connectivity index (χ0) is 14.7. The van der Waals surface area contributed by atoms with E-state index < -0.39 is 0 Å². The molecule has 0 radical (unpaired) electrons. The Hall–Kier alpha value is -1.80. The highest BCUT2D eigenvalue weighted by molar-refractivity contribution is 5.40. The summed E-state index contributed by atoms with van der Waals surface area (Å²) in [6, 6.07) is 17.1. The van der Waals surface area contributed by atoms with E-state index in [2.05, 4.69) is 55.5 Å². The summed E-state index contributed by atoms with van der Waals surface area (Å²) in [4.78, 5) is 0. The lowest BCUT2D eigenvalue weighted by Crippen LogP contribution is -2.20. The number of hydrogen-bond donors (Lipinski definition) is 1. The van der Waals surface area contributed by atoms with Crippen molar-refractivity contribution in [3.05, 3.63) is 65.2 Å². The third-order valence-corrected chi connectivity index (χ3v) is 4.42. The minimum Gasteiger partial charge on any atom is -0.493 e. The van der Waals surface area contributed by atoms with Crippen LogP contribution in [-0.4, -0.2) is 6.61 Å². The van der Waals surface area contributed by atoms with Gasteiger partial charge in [0.1, 0.15) is 5.75 Å². The Bertz CT molecular complexity index is 594. The van der Waals surface area contributed by atoms with Gasteiger partial charge in [0, 0.05) is 12.0 Å². The summed E-state index contributed by atoms with van der Waals surface area (Å²) in [6.45, 7) is 3.04. The van der Waals surface area contributed by atoms with Crippen molar-refractivity contribution in [3.63, 3.8) is 0 Å². The first-order valence-corrected chi connectivity index (χ1v) is 7.85. The summed E-state index contributed by atoms with van der Waals surface area (Å²) in [5.74, 6) is 1.39. The van der Waals surface area contributed by atoms with Gasteiger partial charge in [-0.3, -0.25) is 0 Å². The van der Waals surface area contributed by atoms with Gasteiger partial charge < -0.3 is 10.5 Å². The summed E-state index contributed by atoms with van der Waals surface area (Å²) >= 11 is 0. The topological polar surface area (TPSA) is 35.2 Å². The van der Waals surface area contributed by atoms with Crippen LogP contribution in [0.5, 0.6) is 5.75 Å². The first kappa shape index (κ1) is 14.2. The molecule has 0 spiro atoms. The molecule has 110 valence electrons. The van der Waals surface area contributed by atoms with Crippen molar-refractivity contribution in [3.8, 4) is 5.75 Å². The Labute approximate surface area is 126 Å². The van der Waals surface area contributed by atoms with E-state index in [1.165, 1.54) is 16.7 Å². The molecule has 0 saturated heterocycles. The lowest BCUT2D eigenvalue weighted by atomic mass is 9.85. The Balaban J connectivity index is 1.88. The fourth-order valence-electron chi connectivity index (χ4n) is 3.22. The van der Waals surface area contributed by atoms with Crippen LogP contribution < -0.4 is 10.5 Å². The molecule has 2 N–H and O–H groups in total. The van der Waals surface area contributed by atoms with Crippen LogP contribution in [0.4, 0.5) is 0 Å². The molecule has 2 nitrogen and oxygen atoms in total. The first-order chi connectivity index (χ1) is 10.3. The van der Waals surface area contributed by atoms with Crippen LogP contribution in [0.15, 0.2) is 48.5 Å². The fourth-order valence-corrected chi connectivity index (χ4v) is 3.22. The van der Waals surface area contributed by atoms with Crippen LogP contribution in [0.3, 0.4) is 0 Å². The van der Waals surface area contributed by atoms with E-state index in [1.807, 2.05) is 0 Å². The van der Waals surface area contributed by atoms with E-state index >= 15 is 0 Å². The number of ether oxygens (including phenoxy) is 1. The fraction of sp³-hybridized carbons (Fsp3) is 0.368. The molecule has 2 heteroatoms. The molecule has 0 fully saturated rings. The van der Waals surface area contributed by atoms with Crippen molar-refractivity contribution < 1.29 is 4.74 Å². The molecule has 0 saturated carbocycles. The SMILES string of the molecule is CCC(c1ccccc1)C(N)c1ccc2c(c1)CCCO2. The third kappa shape index (κ3) is 2.96. The maximum absolute atomic E-state index is 6.57. The van der Waals surface area contributed by atoms with Crippen molar-refractivity contribution in [2.45, 2.75) is 38.1 Å². The van der Waals surface area contributed by atoms with E-state index in [4.69, 9.17) is 10.5 Å². The van der Waals surface area contributed by atoms with Gasteiger partial charge in [0.2, 0.25) is 0 Å². The zero-order valence-electron chi connectivity index (χ0n) is 12.6. The van der Waals surface area contributed by atoms with E-state index in [0.29, 0.717) is 5.92 Å². The molecular formula is C19H23NO. The largest absolute Gasteiger partial charge is 0.493 e. The van der Waals surface area contributed by atoms with Gasteiger partial charge >= 0.3 is 0 Å². The second-order valence-electron chi connectivity index (χ2n) is 5.77. The molecule has 2 unspecified atom stereocenters. The number of rotatable bonds is 4. The molecule has 2 aromatic carbocycles. The van der Waals surface area contributed by atoms with Crippen LogP contribution in [0.1, 0.15) is 48.4 Å². The molecule has 2 atom stereocenters. The first-order valence-electron chi connectivity index (χ1n) is 7.85. The molecule has 3 rings (SSSR count). The molecular weight excluding hydrogens is 258 g/mol. The maximum Gasteiger partial charge on any atom is 0.122 e. The number of nitrogens with two attached hydrogens (primary N) is 1. The predicted molar refractivity (Wildman–Crippen MR) is 86.7 cm³/mol. The van der Waals surface area contributed by atoms with Crippen LogP contribution in [0.25, 0.3) is 0 Å². The summed E-state index contributed by atoms with van der Waals surface area (Å²) < 4.78 is 5.69. The lowest BCUT2D eigenvalue weighted by molar-refractivity contribution is 0.288. The minimum absolute atomic E-state index is 0.0321. The van der Waals surface area contributed by atoms with Crippen LogP contribution in [0, 0.1) is 0 Å². The van der Waals surface area contributed by atoms with Gasteiger partial charge in [-0.1, -0.05) is 49.4 Å². The normalized spacial score (nSPS) is 16.7. The van der Waals surface area contributed by atoms with Crippen LogP contribution >= 0.6 is 0 Å². The third-order valence-electron chi connectivity index (χ3n) is 4.42. The highest BCUT2D eigenvalue weighted by atomic mass is 16.5. The number of aryl methyl sites for hydroxylation is 1. The number of benzene rings is 2. The van der Waals surface area contributed by atoms with Crippen molar-refractivity contribution in [2.75, 3.05) is 6.61 Å². The summed E-state index contributed by atoms with van der Waals surface area (Å²) in [5.41, 5.74) is 10.4. The van der Waals surface area contributed by atoms with Crippen LogP contribution in [-0.2, 0) is 6.42 Å². The van der Waals surface area contributed by atoms with Gasteiger partial charge in [-0.15, -0.1) is 0 Å². The Morgan fingerprint density at radius 2 is 1.90 bits per heavy atom. The van der Waals surface area contributed by atoms with Gasteiger partial charge in [-0.2, -0.15) is 0 Å². The number of hydrogen-bond acceptors (Lipinski definition) is 2. The van der Waals surface area contributed by atoms with Crippen molar-refractivity contribution in [1.29, 1.82) is 0 Å². The van der Waals surface area contributed by atoms with E-state index in [-0.39, 0.29) is 6.04 Å². The van der Waals surface area contributed by atoms with E-state index in [9.17, 15) is 0 Å². The zero-order valence-corrected chi connectivity index (χ0v) is 12.6. The molecule has 0 aliphatic carbocycles. The summed E-state index contributed by atoms with van der Waals surface area (Å²) in [7, 11) is 0. The minimum atomic E-state index is 0.0321. The second-order valence-corrected chi connectivity index (χ2v) is 5.77. The maximum atomic E-state index is 6.57. The average Bonchev–Trinajstić information content (AvgIpc) is 2.56. The highest BCUT2D eigenvalue weighted by Gasteiger charge is 2.21. The van der Waals surface area contributed by atoms with Crippen molar-refractivity contribution in [1.82, 2.24) is 0 Å². The smallest absolute Gasteiger partial charge is 0.122 e. The Kier molecular flexibility index (Phi) is 4.26. The van der Waals surface area contributed by atoms with Gasteiger partial charge in [0.05, 0.1) is 6.61 Å². The average molecular weight is 281 g/mol. The number of fused-ring (bicyclic) bond motifs is 1. The van der Waals surface area contributed by atoms with E-state index in [0.717, 1.165) is 31.6 Å². The van der Waals surface area contributed by atoms with Crippen molar-refractivity contribution in [2.24, 2.45) is 5.73 Å². The van der Waals surface area contributed by atoms with E-state index in [1.54, 1.807) is 0 Å². The second kappa shape index (κ2) is 6.31. The van der Waals surface area contributed by atoms with Crippen molar-refractivity contribution >= 4 is 0 Å². The summed E-state index contributed by atoms with van der Waals surface area (Å²) in [5, 5.41) is 0. The molecule has 0 amide bonds. The van der Waals surface area contributed by atoms with Gasteiger partial charge in [0.15, 0.2) is 0 Å². The molecule has 2 aromatic rings. The predicted octanol–water partition coefficient (Wildman–Crippen LogP) is 4.21. The highest BCUT2D eigenvalue weighted by Crippen LogP contribution is 2.34. The summed E-state index contributed by atoms with van der Waals surface area (Å²) in [6.07, 6.45) is 3.23.